The number of alkyl halides is 3. The highest BCUT2D eigenvalue weighted by atomic mass is 127. The number of rotatable bonds is 3. The molecule has 0 unspecified atom stereocenters. The van der Waals surface area contributed by atoms with Crippen LogP contribution in [0.1, 0.15) is 10.4 Å². The normalized spacial score (nSPS) is 11.2. The highest BCUT2D eigenvalue weighted by molar-refractivity contribution is 14.1. The number of hydrogen-bond acceptors (Lipinski definition) is 2. The van der Waals surface area contributed by atoms with Gasteiger partial charge in [-0.3, -0.25) is 4.79 Å². The lowest BCUT2D eigenvalue weighted by Gasteiger charge is -2.12. The molecule has 0 aliphatic carbocycles. The van der Waals surface area contributed by atoms with Crippen LogP contribution in [0.3, 0.4) is 0 Å². The van der Waals surface area contributed by atoms with E-state index >= 15 is 0 Å². The van der Waals surface area contributed by atoms with Gasteiger partial charge in [-0.05, 0) is 58.6 Å². The number of para-hydroxylation sites is 1. The van der Waals surface area contributed by atoms with Crippen LogP contribution in [0.5, 0.6) is 0 Å². The van der Waals surface area contributed by atoms with Gasteiger partial charge in [-0.2, -0.15) is 13.2 Å². The summed E-state index contributed by atoms with van der Waals surface area (Å²) in [5, 5.41) is 2.53. The first-order chi connectivity index (χ1) is 9.87. The molecule has 0 fully saturated rings. The molecule has 2 nitrogen and oxygen atoms in total. The molecule has 2 rings (SSSR count). The molecule has 110 valence electrons. The molecule has 0 radical (unpaired) electrons. The Bertz CT molecular complexity index is 661. The van der Waals surface area contributed by atoms with Crippen LogP contribution in [0.15, 0.2) is 53.4 Å². The molecule has 0 heterocycles. The number of carbonyl (C=O) groups excluding carboxylic acids is 1. The third-order valence-electron chi connectivity index (χ3n) is 2.48. The van der Waals surface area contributed by atoms with Gasteiger partial charge in [0.05, 0.1) is 11.3 Å². The summed E-state index contributed by atoms with van der Waals surface area (Å²) in [6, 6.07) is 12.7. The van der Waals surface area contributed by atoms with Crippen molar-refractivity contribution in [2.45, 2.75) is 10.4 Å². The highest BCUT2D eigenvalue weighted by Crippen LogP contribution is 2.40. The predicted molar refractivity (Wildman–Crippen MR) is 85.5 cm³/mol. The van der Waals surface area contributed by atoms with Crippen LogP contribution in [-0.2, 0) is 0 Å². The van der Waals surface area contributed by atoms with Gasteiger partial charge in [-0.15, -0.1) is 0 Å². The van der Waals surface area contributed by atoms with Gasteiger partial charge in [0, 0.05) is 8.47 Å². The van der Waals surface area contributed by atoms with E-state index in [1.54, 1.807) is 30.3 Å². The molecule has 2 aromatic rings. The van der Waals surface area contributed by atoms with E-state index in [1.807, 2.05) is 22.6 Å². The summed E-state index contributed by atoms with van der Waals surface area (Å²) in [6.45, 7) is 0. The number of amides is 1. The molecule has 0 aliphatic rings. The van der Waals surface area contributed by atoms with Gasteiger partial charge in [0.2, 0.25) is 0 Å². The lowest BCUT2D eigenvalue weighted by molar-refractivity contribution is -0.0328. The van der Waals surface area contributed by atoms with Crippen LogP contribution >= 0.6 is 34.4 Å². The maximum atomic E-state index is 12.5. The van der Waals surface area contributed by atoms with E-state index in [-0.39, 0.29) is 22.3 Å². The van der Waals surface area contributed by atoms with E-state index in [4.69, 9.17) is 0 Å². The van der Waals surface area contributed by atoms with Gasteiger partial charge in [-0.1, -0.05) is 24.3 Å². The van der Waals surface area contributed by atoms with Crippen LogP contribution < -0.4 is 5.32 Å². The fraction of sp³-hybridized carbons (Fsp3) is 0.0714. The molecule has 7 heteroatoms. The van der Waals surface area contributed by atoms with Crippen molar-refractivity contribution < 1.29 is 18.0 Å². The number of hydrogen-bond donors (Lipinski definition) is 1. The van der Waals surface area contributed by atoms with Crippen LogP contribution in [-0.4, -0.2) is 11.4 Å². The number of halogens is 4. The van der Waals surface area contributed by atoms with E-state index in [0.29, 0.717) is 5.56 Å². The minimum absolute atomic E-state index is 0.0377. The number of carbonyl (C=O) groups is 1. The van der Waals surface area contributed by atoms with Crippen LogP contribution in [0.4, 0.5) is 18.9 Å². The summed E-state index contributed by atoms with van der Waals surface area (Å²) in [7, 11) is 0. The summed E-state index contributed by atoms with van der Waals surface area (Å²) in [5.41, 5.74) is -3.84. The van der Waals surface area contributed by atoms with Crippen LogP contribution in [0, 0.1) is 3.57 Å². The van der Waals surface area contributed by atoms with Crippen molar-refractivity contribution in [1.82, 2.24) is 0 Å². The Morgan fingerprint density at radius 2 is 1.67 bits per heavy atom. The average molecular weight is 423 g/mol. The second-order valence-electron chi connectivity index (χ2n) is 3.98. The first-order valence-electron chi connectivity index (χ1n) is 5.77. The Kier molecular flexibility index (Phi) is 5.15. The second-order valence-corrected chi connectivity index (χ2v) is 6.25. The Labute approximate surface area is 137 Å². The zero-order valence-electron chi connectivity index (χ0n) is 10.4. The Morgan fingerprint density at radius 3 is 2.33 bits per heavy atom. The molecule has 0 aromatic heterocycles. The first kappa shape index (κ1) is 16.2. The van der Waals surface area contributed by atoms with E-state index in [9.17, 15) is 18.0 Å². The zero-order chi connectivity index (χ0) is 15.5. The number of nitrogens with one attached hydrogen (secondary N) is 1. The molecule has 0 aliphatic heterocycles. The summed E-state index contributed by atoms with van der Waals surface area (Å²) >= 11 is 1.76. The number of benzene rings is 2. The SMILES string of the molecule is O=C(Nc1ccccc1SC(F)(F)F)c1ccccc1I. The standard InChI is InChI=1S/C14H9F3INOS/c15-14(16,17)21-12-8-4-3-7-11(12)19-13(20)9-5-1-2-6-10(9)18/h1-8H,(H,19,20). The Hall–Kier alpha value is -1.22. The monoisotopic (exact) mass is 423 g/mol. The van der Waals surface area contributed by atoms with E-state index in [0.717, 1.165) is 3.57 Å². The Balaban J connectivity index is 2.24. The van der Waals surface area contributed by atoms with Crippen molar-refractivity contribution in [3.05, 3.63) is 57.7 Å². The van der Waals surface area contributed by atoms with E-state index in [1.165, 1.54) is 18.2 Å². The zero-order valence-corrected chi connectivity index (χ0v) is 13.4. The van der Waals surface area contributed by atoms with Gasteiger partial charge in [0.15, 0.2) is 0 Å². The Morgan fingerprint density at radius 1 is 1.05 bits per heavy atom. The van der Waals surface area contributed by atoms with Crippen molar-refractivity contribution in [2.24, 2.45) is 0 Å². The number of anilines is 1. The van der Waals surface area contributed by atoms with Crippen LogP contribution in [0.25, 0.3) is 0 Å². The maximum Gasteiger partial charge on any atom is 0.446 e. The van der Waals surface area contributed by atoms with Crippen molar-refractivity contribution in [1.29, 1.82) is 0 Å². The van der Waals surface area contributed by atoms with Gasteiger partial charge in [-0.25, -0.2) is 0 Å². The molecular weight excluding hydrogens is 414 g/mol. The molecule has 21 heavy (non-hydrogen) atoms. The minimum atomic E-state index is -4.40. The van der Waals surface area contributed by atoms with Crippen molar-refractivity contribution in [3.8, 4) is 0 Å². The number of thioether (sulfide) groups is 1. The summed E-state index contributed by atoms with van der Waals surface area (Å²) in [5.74, 6) is -0.435. The third kappa shape index (κ3) is 4.63. The van der Waals surface area contributed by atoms with E-state index in [2.05, 4.69) is 5.32 Å². The maximum absolute atomic E-state index is 12.5. The summed E-state index contributed by atoms with van der Waals surface area (Å²) < 4.78 is 38.2. The molecule has 0 spiro atoms. The lowest BCUT2D eigenvalue weighted by atomic mass is 10.2. The molecule has 1 amide bonds. The molecule has 2 aromatic carbocycles. The fourth-order valence-corrected chi connectivity index (χ4v) is 2.88. The quantitative estimate of drug-likeness (QED) is 0.546. The first-order valence-corrected chi connectivity index (χ1v) is 7.67. The largest absolute Gasteiger partial charge is 0.446 e. The van der Waals surface area contributed by atoms with Crippen molar-refractivity contribution in [3.63, 3.8) is 0 Å². The molecule has 0 saturated carbocycles. The molecule has 0 saturated heterocycles. The topological polar surface area (TPSA) is 29.1 Å². The smallest absolute Gasteiger partial charge is 0.321 e. The minimum Gasteiger partial charge on any atom is -0.321 e. The third-order valence-corrected chi connectivity index (χ3v) is 4.23. The second kappa shape index (κ2) is 6.69. The van der Waals surface area contributed by atoms with Crippen molar-refractivity contribution in [2.75, 3.05) is 5.32 Å². The van der Waals surface area contributed by atoms with Crippen molar-refractivity contribution >= 4 is 45.9 Å². The van der Waals surface area contributed by atoms with Gasteiger partial charge in [0.25, 0.3) is 5.91 Å². The molecular formula is C14H9F3INOS. The van der Waals surface area contributed by atoms with Gasteiger partial charge in [0.1, 0.15) is 0 Å². The molecule has 0 bridgehead atoms. The lowest BCUT2D eigenvalue weighted by Crippen LogP contribution is -2.14. The predicted octanol–water partition coefficient (Wildman–Crippen LogP) is 5.16. The summed E-state index contributed by atoms with van der Waals surface area (Å²) in [4.78, 5) is 12.1. The summed E-state index contributed by atoms with van der Waals surface area (Å²) in [6.07, 6.45) is 0. The fourth-order valence-electron chi connectivity index (χ4n) is 1.62. The molecule has 1 N–H and O–H groups in total. The van der Waals surface area contributed by atoms with E-state index < -0.39 is 11.4 Å². The van der Waals surface area contributed by atoms with Gasteiger partial charge < -0.3 is 5.32 Å². The van der Waals surface area contributed by atoms with Gasteiger partial charge >= 0.3 is 5.51 Å². The average Bonchev–Trinajstić information content (AvgIpc) is 2.40. The van der Waals surface area contributed by atoms with Crippen LogP contribution in [0.2, 0.25) is 0 Å². The molecule has 0 atom stereocenters. The highest BCUT2D eigenvalue weighted by Gasteiger charge is 2.30.